The second kappa shape index (κ2) is 9.14. The predicted octanol–water partition coefficient (Wildman–Crippen LogP) is 4.21. The number of hydrogen-bond acceptors (Lipinski definition) is 5. The minimum atomic E-state index is -0.752. The fourth-order valence-electron chi connectivity index (χ4n) is 4.85. The van der Waals surface area contributed by atoms with Gasteiger partial charge in [-0.3, -0.25) is 9.59 Å². The molecule has 2 aromatic rings. The van der Waals surface area contributed by atoms with Crippen LogP contribution in [-0.2, 0) is 6.54 Å². The number of fused-ring (bicyclic) bond motifs is 1. The summed E-state index contributed by atoms with van der Waals surface area (Å²) in [6.45, 7) is 9.88. The number of aromatic nitrogens is 1. The van der Waals surface area contributed by atoms with Gasteiger partial charge in [-0.05, 0) is 93.3 Å². The van der Waals surface area contributed by atoms with Crippen molar-refractivity contribution >= 4 is 21.8 Å². The Labute approximate surface area is 203 Å². The summed E-state index contributed by atoms with van der Waals surface area (Å²) >= 11 is 3.57. The number of benzene rings is 1. The van der Waals surface area contributed by atoms with Crippen molar-refractivity contribution in [2.75, 3.05) is 20.1 Å². The SMILES string of the molecule is Cc1cc(C)c(CNC(=O)c2cc(Br)c3c(c2C)OC(C)(CC2CCN(C)CC2)O3)c(=O)[nH]1. The minimum absolute atomic E-state index is 0.152. The summed E-state index contributed by atoms with van der Waals surface area (Å²) < 4.78 is 13.3. The summed E-state index contributed by atoms with van der Waals surface area (Å²) in [5.74, 6) is 0.776. The average Bonchev–Trinajstić information content (AvgIpc) is 3.09. The molecule has 1 atom stereocenters. The molecule has 2 aliphatic rings. The van der Waals surface area contributed by atoms with Crippen LogP contribution in [0.25, 0.3) is 0 Å². The van der Waals surface area contributed by atoms with E-state index in [0.29, 0.717) is 33.0 Å². The highest BCUT2D eigenvalue weighted by atomic mass is 79.9. The Morgan fingerprint density at radius 3 is 2.55 bits per heavy atom. The highest BCUT2D eigenvalue weighted by Gasteiger charge is 2.42. The maximum Gasteiger partial charge on any atom is 0.253 e. The maximum atomic E-state index is 13.0. The van der Waals surface area contributed by atoms with Crippen molar-refractivity contribution in [1.82, 2.24) is 15.2 Å². The monoisotopic (exact) mass is 517 g/mol. The quantitative estimate of drug-likeness (QED) is 0.620. The topological polar surface area (TPSA) is 83.7 Å². The van der Waals surface area contributed by atoms with Crippen LogP contribution in [0.15, 0.2) is 21.4 Å². The molecule has 178 valence electrons. The number of nitrogens with one attached hydrogen (secondary N) is 2. The van der Waals surface area contributed by atoms with E-state index in [1.807, 2.05) is 33.8 Å². The van der Waals surface area contributed by atoms with Crippen molar-refractivity contribution in [1.29, 1.82) is 0 Å². The van der Waals surface area contributed by atoms with Crippen LogP contribution in [0.2, 0.25) is 0 Å². The van der Waals surface area contributed by atoms with Crippen molar-refractivity contribution in [3.05, 3.63) is 54.9 Å². The molecule has 33 heavy (non-hydrogen) atoms. The third-order valence-electron chi connectivity index (χ3n) is 6.74. The number of halogens is 1. The molecule has 7 nitrogen and oxygen atoms in total. The highest BCUT2D eigenvalue weighted by molar-refractivity contribution is 9.10. The van der Waals surface area contributed by atoms with Gasteiger partial charge in [0.1, 0.15) is 0 Å². The van der Waals surface area contributed by atoms with Crippen LogP contribution in [0, 0.1) is 26.7 Å². The molecule has 2 aliphatic heterocycles. The average molecular weight is 518 g/mol. The fraction of sp³-hybridized carbons (Fsp3) is 0.520. The van der Waals surface area contributed by atoms with Crippen LogP contribution in [0.5, 0.6) is 11.5 Å². The van der Waals surface area contributed by atoms with Gasteiger partial charge in [-0.2, -0.15) is 0 Å². The van der Waals surface area contributed by atoms with E-state index >= 15 is 0 Å². The number of hydrogen-bond donors (Lipinski definition) is 2. The largest absolute Gasteiger partial charge is 0.448 e. The van der Waals surface area contributed by atoms with Crippen molar-refractivity contribution in [2.45, 2.75) is 59.3 Å². The molecular weight excluding hydrogens is 486 g/mol. The first-order chi connectivity index (χ1) is 15.6. The van der Waals surface area contributed by atoms with Crippen LogP contribution in [0.3, 0.4) is 0 Å². The van der Waals surface area contributed by atoms with Gasteiger partial charge >= 0.3 is 0 Å². The smallest absolute Gasteiger partial charge is 0.253 e. The second-order valence-electron chi connectivity index (χ2n) is 9.60. The number of rotatable bonds is 5. The summed E-state index contributed by atoms with van der Waals surface area (Å²) in [7, 11) is 2.15. The number of pyridine rings is 1. The first-order valence-electron chi connectivity index (χ1n) is 11.4. The summed E-state index contributed by atoms with van der Waals surface area (Å²) in [5.41, 5.74) is 3.25. The number of carbonyl (C=O) groups is 1. The van der Waals surface area contributed by atoms with Crippen LogP contribution < -0.4 is 20.3 Å². The summed E-state index contributed by atoms with van der Waals surface area (Å²) in [4.78, 5) is 30.5. The Kier molecular flexibility index (Phi) is 6.60. The molecule has 3 heterocycles. The van der Waals surface area contributed by atoms with Gasteiger partial charge < -0.3 is 24.7 Å². The number of amides is 1. The molecule has 1 amide bonds. The van der Waals surface area contributed by atoms with E-state index in [9.17, 15) is 9.59 Å². The van der Waals surface area contributed by atoms with Gasteiger partial charge in [-0.1, -0.05) is 0 Å². The molecule has 1 aromatic heterocycles. The van der Waals surface area contributed by atoms with Crippen molar-refractivity contribution in [2.24, 2.45) is 5.92 Å². The van der Waals surface area contributed by atoms with Crippen LogP contribution >= 0.6 is 15.9 Å². The highest BCUT2D eigenvalue weighted by Crippen LogP contribution is 2.49. The van der Waals surface area contributed by atoms with Crippen molar-refractivity contribution < 1.29 is 14.3 Å². The molecule has 1 saturated heterocycles. The lowest BCUT2D eigenvalue weighted by atomic mass is 9.90. The molecule has 0 spiro atoms. The van der Waals surface area contributed by atoms with E-state index in [1.54, 1.807) is 6.07 Å². The third kappa shape index (κ3) is 4.96. The summed E-state index contributed by atoms with van der Waals surface area (Å²) in [6, 6.07) is 3.66. The lowest BCUT2D eigenvalue weighted by Crippen LogP contribution is -2.40. The van der Waals surface area contributed by atoms with E-state index < -0.39 is 5.79 Å². The number of aryl methyl sites for hydroxylation is 2. The fourth-order valence-corrected chi connectivity index (χ4v) is 5.34. The molecule has 0 saturated carbocycles. The Morgan fingerprint density at radius 1 is 1.21 bits per heavy atom. The van der Waals surface area contributed by atoms with Gasteiger partial charge in [0.15, 0.2) is 11.5 Å². The lowest BCUT2D eigenvalue weighted by molar-refractivity contribution is -0.0844. The zero-order valence-corrected chi connectivity index (χ0v) is 21.5. The first kappa shape index (κ1) is 23.8. The van der Waals surface area contributed by atoms with Crippen LogP contribution in [0.1, 0.15) is 58.9 Å². The molecule has 0 radical (unpaired) electrons. The minimum Gasteiger partial charge on any atom is -0.448 e. The number of ether oxygens (including phenoxy) is 2. The summed E-state index contributed by atoms with van der Waals surface area (Å²) in [6.07, 6.45) is 3.06. The zero-order chi connectivity index (χ0) is 23.9. The van der Waals surface area contributed by atoms with Gasteiger partial charge in [0.05, 0.1) is 4.47 Å². The summed E-state index contributed by atoms with van der Waals surface area (Å²) in [5, 5.41) is 2.89. The number of nitrogens with zero attached hydrogens (tertiary/aromatic N) is 1. The molecule has 4 rings (SSSR count). The maximum absolute atomic E-state index is 13.0. The van der Waals surface area contributed by atoms with E-state index in [4.69, 9.17) is 9.47 Å². The number of carbonyl (C=O) groups excluding carboxylic acids is 1. The third-order valence-corrected chi connectivity index (χ3v) is 7.33. The van der Waals surface area contributed by atoms with Crippen LogP contribution in [0.4, 0.5) is 0 Å². The van der Waals surface area contributed by atoms with Gasteiger partial charge in [0.2, 0.25) is 5.79 Å². The first-order valence-corrected chi connectivity index (χ1v) is 12.2. The molecule has 0 bridgehead atoms. The molecule has 1 unspecified atom stereocenters. The molecule has 0 aliphatic carbocycles. The van der Waals surface area contributed by atoms with E-state index in [1.165, 1.54) is 0 Å². The van der Waals surface area contributed by atoms with E-state index in [0.717, 1.165) is 49.2 Å². The molecular formula is C25H32BrN3O4. The van der Waals surface area contributed by atoms with Crippen molar-refractivity contribution in [3.8, 4) is 11.5 Å². The second-order valence-corrected chi connectivity index (χ2v) is 10.5. The van der Waals surface area contributed by atoms with E-state index in [2.05, 4.69) is 38.2 Å². The van der Waals surface area contributed by atoms with Gasteiger partial charge in [-0.15, -0.1) is 0 Å². The van der Waals surface area contributed by atoms with Gasteiger partial charge in [-0.25, -0.2) is 0 Å². The normalized spacial score (nSPS) is 20.8. The van der Waals surface area contributed by atoms with Crippen molar-refractivity contribution in [3.63, 3.8) is 0 Å². The predicted molar refractivity (Wildman–Crippen MR) is 131 cm³/mol. The number of H-pyrrole nitrogens is 1. The Balaban J connectivity index is 1.50. The lowest BCUT2D eigenvalue weighted by Gasteiger charge is -2.33. The standard InChI is InChI=1S/C25H32BrN3O4/c1-14-10-15(2)28-24(31)19(14)13-27-23(30)18-11-20(26)22-21(16(18)3)32-25(4,33-22)12-17-6-8-29(5)9-7-17/h10-11,17H,6-9,12-13H2,1-5H3,(H,27,30)(H,28,31). The number of piperidine rings is 1. The molecule has 2 N–H and O–H groups in total. The van der Waals surface area contributed by atoms with Crippen LogP contribution in [-0.4, -0.2) is 41.7 Å². The molecule has 1 fully saturated rings. The van der Waals surface area contributed by atoms with E-state index in [-0.39, 0.29) is 18.0 Å². The Hall–Kier alpha value is -2.32. The Morgan fingerprint density at radius 2 is 1.88 bits per heavy atom. The number of aromatic amines is 1. The van der Waals surface area contributed by atoms with Gasteiger partial charge in [0, 0.05) is 42.3 Å². The van der Waals surface area contributed by atoms with Gasteiger partial charge in [0.25, 0.3) is 11.5 Å². The Bertz CT molecular complexity index is 1140. The number of likely N-dealkylation sites (tertiary alicyclic amines) is 1. The molecule has 1 aromatic carbocycles. The zero-order valence-electron chi connectivity index (χ0n) is 19.9. The molecule has 8 heteroatoms.